The van der Waals surface area contributed by atoms with Crippen LogP contribution >= 0.6 is 0 Å². The average molecular weight is 480 g/mol. The molecule has 0 spiro atoms. The summed E-state index contributed by atoms with van der Waals surface area (Å²) in [6.45, 7) is 0.888. The van der Waals surface area contributed by atoms with E-state index in [-0.39, 0.29) is 30.0 Å². The van der Waals surface area contributed by atoms with Gasteiger partial charge in [-0.05, 0) is 35.9 Å². The maximum Gasteiger partial charge on any atom is 0.414 e. The Morgan fingerprint density at radius 3 is 2.39 bits per heavy atom. The number of halogens is 2. The molecule has 2 heterocycles. The first-order valence-electron chi connectivity index (χ1n) is 10.4. The van der Waals surface area contributed by atoms with Gasteiger partial charge in [0.25, 0.3) is 10.1 Å². The van der Waals surface area contributed by atoms with Crippen LogP contribution in [0.25, 0.3) is 11.1 Å². The van der Waals surface area contributed by atoms with E-state index in [2.05, 4.69) is 0 Å². The van der Waals surface area contributed by atoms with Gasteiger partial charge in [0, 0.05) is 37.9 Å². The van der Waals surface area contributed by atoms with E-state index in [4.69, 9.17) is 9.29 Å². The first kappa shape index (κ1) is 23.1. The zero-order valence-electron chi connectivity index (χ0n) is 17.5. The molecule has 4 rings (SSSR count). The zero-order chi connectivity index (χ0) is 23.8. The Morgan fingerprint density at radius 1 is 1.03 bits per heavy atom. The number of ketones is 1. The number of ether oxygens (including phenoxy) is 1. The van der Waals surface area contributed by atoms with Crippen molar-refractivity contribution in [2.45, 2.75) is 25.4 Å². The summed E-state index contributed by atoms with van der Waals surface area (Å²) in [4.78, 5) is 26.5. The van der Waals surface area contributed by atoms with Crippen LogP contribution in [0.5, 0.6) is 0 Å². The monoisotopic (exact) mass is 480 g/mol. The second-order valence-electron chi connectivity index (χ2n) is 8.05. The van der Waals surface area contributed by atoms with Crippen LogP contribution in [0.15, 0.2) is 36.4 Å². The maximum absolute atomic E-state index is 14.9. The highest BCUT2D eigenvalue weighted by atomic mass is 32.2. The van der Waals surface area contributed by atoms with Gasteiger partial charge in [-0.25, -0.2) is 13.6 Å². The van der Waals surface area contributed by atoms with Gasteiger partial charge in [-0.2, -0.15) is 8.42 Å². The van der Waals surface area contributed by atoms with Gasteiger partial charge < -0.3 is 9.64 Å². The molecule has 1 atom stereocenters. The molecule has 1 unspecified atom stereocenters. The van der Waals surface area contributed by atoms with Gasteiger partial charge in [-0.3, -0.25) is 14.2 Å². The number of carbonyl (C=O) groups excluding carboxylic acids is 2. The minimum Gasteiger partial charge on any atom is -0.444 e. The molecule has 0 bridgehead atoms. The van der Waals surface area contributed by atoms with Gasteiger partial charge in [0.1, 0.15) is 23.5 Å². The Kier molecular flexibility index (Phi) is 6.35. The van der Waals surface area contributed by atoms with Gasteiger partial charge in [0.05, 0.1) is 23.7 Å². The van der Waals surface area contributed by atoms with E-state index < -0.39 is 39.7 Å². The molecule has 0 aromatic heterocycles. The smallest absolute Gasteiger partial charge is 0.414 e. The summed E-state index contributed by atoms with van der Waals surface area (Å²) in [6.07, 6.45) is -0.857. The normalized spacial score (nSPS) is 19.2. The molecule has 2 fully saturated rings. The fraction of sp³-hybridized carbons (Fsp3) is 0.364. The first-order chi connectivity index (χ1) is 15.6. The third-order valence-electron chi connectivity index (χ3n) is 5.76. The van der Waals surface area contributed by atoms with Gasteiger partial charge in [-0.1, -0.05) is 6.07 Å². The van der Waals surface area contributed by atoms with Gasteiger partial charge in [-0.15, -0.1) is 0 Å². The molecule has 1 amide bonds. The highest BCUT2D eigenvalue weighted by Crippen LogP contribution is 2.32. The highest BCUT2D eigenvalue weighted by molar-refractivity contribution is 7.85. The second kappa shape index (κ2) is 9.06. The summed E-state index contributed by atoms with van der Waals surface area (Å²) in [5.74, 6) is -1.59. The van der Waals surface area contributed by atoms with Crippen molar-refractivity contribution < 1.29 is 36.1 Å². The summed E-state index contributed by atoms with van der Waals surface area (Å²) < 4.78 is 65.4. The SMILES string of the molecule is O=C1CCN(c2ccc(-c3ccc(N4CC(CCS(=O)(=O)O)OC4=O)cc3F)cc2F)CC1. The number of hydrogen-bond donors (Lipinski definition) is 1. The van der Waals surface area contributed by atoms with E-state index >= 15 is 0 Å². The Morgan fingerprint density at radius 2 is 1.76 bits per heavy atom. The molecular formula is C22H22F2N2O6S. The van der Waals surface area contributed by atoms with E-state index in [1.807, 2.05) is 0 Å². The van der Waals surface area contributed by atoms with E-state index in [9.17, 15) is 26.8 Å². The van der Waals surface area contributed by atoms with Crippen molar-refractivity contribution in [2.75, 3.05) is 35.2 Å². The fourth-order valence-electron chi connectivity index (χ4n) is 4.00. The van der Waals surface area contributed by atoms with Gasteiger partial charge >= 0.3 is 6.09 Å². The molecule has 2 aliphatic heterocycles. The number of rotatable bonds is 6. The van der Waals surface area contributed by atoms with Crippen molar-refractivity contribution in [1.29, 1.82) is 0 Å². The lowest BCUT2D eigenvalue weighted by atomic mass is 10.0. The number of Topliss-reactive ketones (excluding diaryl/α,β-unsaturated/α-hetero) is 1. The number of anilines is 2. The highest BCUT2D eigenvalue weighted by Gasteiger charge is 2.33. The van der Waals surface area contributed by atoms with Crippen molar-refractivity contribution in [3.63, 3.8) is 0 Å². The second-order valence-corrected chi connectivity index (χ2v) is 9.62. The fourth-order valence-corrected chi connectivity index (χ4v) is 4.56. The molecule has 8 nitrogen and oxygen atoms in total. The van der Waals surface area contributed by atoms with Crippen molar-refractivity contribution in [1.82, 2.24) is 0 Å². The Labute approximate surface area is 189 Å². The molecule has 0 aliphatic carbocycles. The third-order valence-corrected chi connectivity index (χ3v) is 6.51. The number of cyclic esters (lactones) is 1. The van der Waals surface area contributed by atoms with E-state index in [1.54, 1.807) is 17.0 Å². The number of benzene rings is 2. The molecule has 11 heteroatoms. The van der Waals surface area contributed by atoms with Crippen LogP contribution in [-0.2, 0) is 19.6 Å². The number of piperidine rings is 1. The van der Waals surface area contributed by atoms with Crippen molar-refractivity contribution >= 4 is 33.4 Å². The lowest BCUT2D eigenvalue weighted by molar-refractivity contribution is -0.119. The molecule has 0 radical (unpaired) electrons. The van der Waals surface area contributed by atoms with Crippen LogP contribution in [0.2, 0.25) is 0 Å². The standard InChI is InChI=1S/C22H22F2N2O6S/c23-19-12-15(26-13-17(32-22(26)28)7-10-33(29,30)31)2-3-18(19)14-1-4-21(20(24)11-14)25-8-5-16(27)6-9-25/h1-4,11-12,17H,5-10,13H2,(H,29,30,31). The number of carbonyl (C=O) groups is 2. The molecule has 2 aromatic rings. The first-order valence-corrected chi connectivity index (χ1v) is 12.0. The van der Waals surface area contributed by atoms with Crippen LogP contribution in [0, 0.1) is 11.6 Å². The molecule has 2 aromatic carbocycles. The lowest BCUT2D eigenvalue weighted by Crippen LogP contribution is -2.34. The van der Waals surface area contributed by atoms with Crippen LogP contribution in [0.4, 0.5) is 25.0 Å². The maximum atomic E-state index is 14.9. The summed E-state index contributed by atoms with van der Waals surface area (Å²) >= 11 is 0. The average Bonchev–Trinajstić information content (AvgIpc) is 3.13. The predicted octanol–water partition coefficient (Wildman–Crippen LogP) is 3.40. The molecular weight excluding hydrogens is 458 g/mol. The molecule has 33 heavy (non-hydrogen) atoms. The van der Waals surface area contributed by atoms with Crippen LogP contribution in [0.3, 0.4) is 0 Å². The van der Waals surface area contributed by atoms with Crippen LogP contribution < -0.4 is 9.80 Å². The molecule has 1 N–H and O–H groups in total. The Balaban J connectivity index is 1.49. The van der Waals surface area contributed by atoms with E-state index in [1.165, 1.54) is 23.1 Å². The van der Waals surface area contributed by atoms with Gasteiger partial charge in [0.15, 0.2) is 0 Å². The summed E-state index contributed by atoms with van der Waals surface area (Å²) in [5.41, 5.74) is 1.04. The van der Waals surface area contributed by atoms with E-state index in [0.717, 1.165) is 6.07 Å². The van der Waals surface area contributed by atoms with Crippen molar-refractivity contribution in [2.24, 2.45) is 0 Å². The number of hydrogen-bond acceptors (Lipinski definition) is 6. The largest absolute Gasteiger partial charge is 0.444 e. The third kappa shape index (κ3) is 5.31. The number of nitrogens with zero attached hydrogens (tertiary/aromatic N) is 2. The molecule has 2 aliphatic rings. The molecule has 0 saturated carbocycles. The Hall–Kier alpha value is -3.05. The van der Waals surface area contributed by atoms with Gasteiger partial charge in [0.2, 0.25) is 0 Å². The van der Waals surface area contributed by atoms with Crippen molar-refractivity contribution in [3.8, 4) is 11.1 Å². The zero-order valence-corrected chi connectivity index (χ0v) is 18.4. The minimum absolute atomic E-state index is 0.00873. The van der Waals surface area contributed by atoms with Crippen LogP contribution in [0.1, 0.15) is 19.3 Å². The summed E-state index contributed by atoms with van der Waals surface area (Å²) in [6, 6.07) is 8.45. The van der Waals surface area contributed by atoms with Crippen LogP contribution in [-0.4, -0.2) is 56.3 Å². The van der Waals surface area contributed by atoms with E-state index in [0.29, 0.717) is 37.2 Å². The summed E-state index contributed by atoms with van der Waals surface area (Å²) in [7, 11) is -4.19. The summed E-state index contributed by atoms with van der Waals surface area (Å²) in [5, 5.41) is 0. The minimum atomic E-state index is -4.19. The quantitative estimate of drug-likeness (QED) is 0.632. The molecule has 176 valence electrons. The lowest BCUT2D eigenvalue weighted by Gasteiger charge is -2.28. The molecule has 2 saturated heterocycles. The predicted molar refractivity (Wildman–Crippen MR) is 117 cm³/mol. The number of amides is 1. The van der Waals surface area contributed by atoms with Crippen molar-refractivity contribution in [3.05, 3.63) is 48.0 Å². The Bertz CT molecular complexity index is 1190. The topological polar surface area (TPSA) is 104 Å².